The van der Waals surface area contributed by atoms with Gasteiger partial charge in [-0.25, -0.2) is 4.39 Å². The van der Waals surface area contributed by atoms with Crippen molar-refractivity contribution in [2.45, 2.75) is 27.7 Å². The standard InChI is InChI=1S/C6H5BrFN.2C2H6/c7-5-3-4(8)1-2-6(5)9;2*1-2/h1-3H,9H2;2*1-2H3. The molecule has 13 heavy (non-hydrogen) atoms. The van der Waals surface area contributed by atoms with Gasteiger partial charge in [-0.2, -0.15) is 0 Å². The SMILES string of the molecule is CC.CC.Nc1ccc(F)cc1Br. The van der Waals surface area contributed by atoms with Crippen molar-refractivity contribution in [2.24, 2.45) is 0 Å². The molecule has 0 atom stereocenters. The Morgan fingerprint density at radius 1 is 1.15 bits per heavy atom. The molecule has 0 aliphatic rings. The van der Waals surface area contributed by atoms with Crippen molar-refractivity contribution in [1.82, 2.24) is 0 Å². The molecule has 0 saturated heterocycles. The van der Waals surface area contributed by atoms with E-state index >= 15 is 0 Å². The van der Waals surface area contributed by atoms with Gasteiger partial charge in [0.15, 0.2) is 0 Å². The Balaban J connectivity index is 0. The van der Waals surface area contributed by atoms with Gasteiger partial charge in [0, 0.05) is 10.2 Å². The van der Waals surface area contributed by atoms with Crippen molar-refractivity contribution < 1.29 is 4.39 Å². The highest BCUT2D eigenvalue weighted by molar-refractivity contribution is 9.10. The second-order valence-corrected chi connectivity index (χ2v) is 2.52. The third-order valence-electron chi connectivity index (χ3n) is 0.962. The van der Waals surface area contributed by atoms with Gasteiger partial charge in [0.05, 0.1) is 0 Å². The van der Waals surface area contributed by atoms with E-state index in [4.69, 9.17) is 5.73 Å². The van der Waals surface area contributed by atoms with Crippen molar-refractivity contribution in [2.75, 3.05) is 5.73 Å². The van der Waals surface area contributed by atoms with Crippen molar-refractivity contribution in [3.8, 4) is 0 Å². The van der Waals surface area contributed by atoms with Crippen LogP contribution in [0, 0.1) is 5.82 Å². The van der Waals surface area contributed by atoms with Crippen LogP contribution in [0.5, 0.6) is 0 Å². The largest absolute Gasteiger partial charge is 0.398 e. The molecule has 1 aromatic rings. The summed E-state index contributed by atoms with van der Waals surface area (Å²) < 4.78 is 12.9. The summed E-state index contributed by atoms with van der Waals surface area (Å²) in [5, 5.41) is 0. The van der Waals surface area contributed by atoms with Crippen LogP contribution in [0.15, 0.2) is 22.7 Å². The van der Waals surface area contributed by atoms with Crippen LogP contribution >= 0.6 is 15.9 Å². The van der Waals surface area contributed by atoms with Crippen LogP contribution < -0.4 is 5.73 Å². The molecule has 0 spiro atoms. The van der Waals surface area contributed by atoms with E-state index in [1.807, 2.05) is 27.7 Å². The van der Waals surface area contributed by atoms with Gasteiger partial charge in [-0.15, -0.1) is 0 Å². The summed E-state index contributed by atoms with van der Waals surface area (Å²) >= 11 is 3.08. The number of halogens is 2. The molecule has 0 aliphatic heterocycles. The smallest absolute Gasteiger partial charge is 0.124 e. The maximum atomic E-state index is 12.3. The van der Waals surface area contributed by atoms with Gasteiger partial charge in [0.25, 0.3) is 0 Å². The van der Waals surface area contributed by atoms with E-state index in [0.29, 0.717) is 10.2 Å². The highest BCUT2D eigenvalue weighted by Crippen LogP contribution is 2.18. The lowest BCUT2D eigenvalue weighted by molar-refractivity contribution is 0.627. The Labute approximate surface area is 88.3 Å². The van der Waals surface area contributed by atoms with Crippen LogP contribution in [0.3, 0.4) is 0 Å². The summed E-state index contributed by atoms with van der Waals surface area (Å²) in [7, 11) is 0. The molecule has 0 fully saturated rings. The maximum Gasteiger partial charge on any atom is 0.124 e. The van der Waals surface area contributed by atoms with E-state index in [0.717, 1.165) is 0 Å². The Bertz CT molecular complexity index is 226. The first-order valence-corrected chi connectivity index (χ1v) is 5.20. The average Bonchev–Trinajstić information content (AvgIpc) is 2.18. The first kappa shape index (κ1) is 14.9. The van der Waals surface area contributed by atoms with E-state index in [-0.39, 0.29) is 5.82 Å². The molecule has 1 aromatic carbocycles. The van der Waals surface area contributed by atoms with Crippen LogP contribution in [0.2, 0.25) is 0 Å². The molecule has 1 rings (SSSR count). The summed E-state index contributed by atoms with van der Waals surface area (Å²) in [6, 6.07) is 4.16. The van der Waals surface area contributed by atoms with Crippen LogP contribution in [0.25, 0.3) is 0 Å². The van der Waals surface area contributed by atoms with Gasteiger partial charge in [0.2, 0.25) is 0 Å². The minimum atomic E-state index is -0.281. The normalized spacial score (nSPS) is 7.54. The molecule has 0 unspecified atom stereocenters. The Morgan fingerprint density at radius 3 is 1.92 bits per heavy atom. The molecular weight excluding hydrogens is 233 g/mol. The van der Waals surface area contributed by atoms with E-state index in [1.54, 1.807) is 0 Å². The Kier molecular flexibility index (Phi) is 10.9. The van der Waals surface area contributed by atoms with Gasteiger partial charge in [0.1, 0.15) is 5.82 Å². The Hall–Kier alpha value is -0.570. The number of nitrogen functional groups attached to an aromatic ring is 1. The van der Waals surface area contributed by atoms with Crippen molar-refractivity contribution in [1.29, 1.82) is 0 Å². The van der Waals surface area contributed by atoms with Gasteiger partial charge in [-0.05, 0) is 34.1 Å². The third kappa shape index (κ3) is 6.58. The van der Waals surface area contributed by atoms with Gasteiger partial charge >= 0.3 is 0 Å². The van der Waals surface area contributed by atoms with Crippen LogP contribution in [-0.4, -0.2) is 0 Å². The molecule has 0 aliphatic carbocycles. The van der Waals surface area contributed by atoms with E-state index in [9.17, 15) is 4.39 Å². The highest BCUT2D eigenvalue weighted by atomic mass is 79.9. The Morgan fingerprint density at radius 2 is 1.62 bits per heavy atom. The third-order valence-corrected chi connectivity index (χ3v) is 1.65. The fourth-order valence-corrected chi connectivity index (χ4v) is 0.852. The average molecular weight is 250 g/mol. The first-order valence-electron chi connectivity index (χ1n) is 4.40. The lowest BCUT2D eigenvalue weighted by Crippen LogP contribution is -1.85. The minimum Gasteiger partial charge on any atom is -0.398 e. The van der Waals surface area contributed by atoms with Gasteiger partial charge < -0.3 is 5.73 Å². The predicted octanol–water partition coefficient (Wildman–Crippen LogP) is 4.22. The maximum absolute atomic E-state index is 12.3. The molecular formula is C10H17BrFN. The number of nitrogens with two attached hydrogens (primary N) is 1. The molecule has 0 radical (unpaired) electrons. The molecule has 0 heterocycles. The molecule has 0 bridgehead atoms. The summed E-state index contributed by atoms with van der Waals surface area (Å²) in [6.45, 7) is 8.00. The van der Waals surface area contributed by atoms with E-state index in [2.05, 4.69) is 15.9 Å². The second-order valence-electron chi connectivity index (χ2n) is 1.67. The molecule has 76 valence electrons. The summed E-state index contributed by atoms with van der Waals surface area (Å²) in [4.78, 5) is 0. The second kappa shape index (κ2) is 9.52. The van der Waals surface area contributed by atoms with Gasteiger partial charge in [-0.3, -0.25) is 0 Å². The van der Waals surface area contributed by atoms with Crippen LogP contribution in [0.4, 0.5) is 10.1 Å². The molecule has 0 amide bonds. The molecule has 0 saturated carbocycles. The number of hydrogen-bond donors (Lipinski definition) is 1. The zero-order chi connectivity index (χ0) is 10.9. The summed E-state index contributed by atoms with van der Waals surface area (Å²) in [6.07, 6.45) is 0. The number of benzene rings is 1. The lowest BCUT2D eigenvalue weighted by Gasteiger charge is -1.94. The summed E-state index contributed by atoms with van der Waals surface area (Å²) in [5.41, 5.74) is 5.93. The van der Waals surface area contributed by atoms with Crippen molar-refractivity contribution in [3.63, 3.8) is 0 Å². The number of rotatable bonds is 0. The summed E-state index contributed by atoms with van der Waals surface area (Å²) in [5.74, 6) is -0.281. The minimum absolute atomic E-state index is 0.281. The zero-order valence-corrected chi connectivity index (χ0v) is 10.2. The molecule has 1 nitrogen and oxygen atoms in total. The highest BCUT2D eigenvalue weighted by Gasteiger charge is 1.94. The fourth-order valence-electron chi connectivity index (χ4n) is 0.502. The topological polar surface area (TPSA) is 26.0 Å². The van der Waals surface area contributed by atoms with E-state index < -0.39 is 0 Å². The molecule has 2 N–H and O–H groups in total. The predicted molar refractivity (Wildman–Crippen MR) is 61.2 cm³/mol. The molecule has 0 aromatic heterocycles. The van der Waals surface area contributed by atoms with Crippen LogP contribution in [0.1, 0.15) is 27.7 Å². The van der Waals surface area contributed by atoms with Crippen molar-refractivity contribution in [3.05, 3.63) is 28.5 Å². The monoisotopic (exact) mass is 249 g/mol. The first-order chi connectivity index (χ1) is 6.20. The lowest BCUT2D eigenvalue weighted by atomic mass is 10.3. The molecule has 3 heteroatoms. The van der Waals surface area contributed by atoms with E-state index in [1.165, 1.54) is 18.2 Å². The van der Waals surface area contributed by atoms with Gasteiger partial charge in [-0.1, -0.05) is 27.7 Å². The number of hydrogen-bond acceptors (Lipinski definition) is 1. The van der Waals surface area contributed by atoms with Crippen molar-refractivity contribution >= 4 is 21.6 Å². The zero-order valence-electron chi connectivity index (χ0n) is 8.57. The fraction of sp³-hybridized carbons (Fsp3) is 0.400. The number of anilines is 1. The quantitative estimate of drug-likeness (QED) is 0.685. The van der Waals surface area contributed by atoms with Crippen LogP contribution in [-0.2, 0) is 0 Å².